The molecule has 1 saturated heterocycles. The number of hydrogen-bond acceptors (Lipinski definition) is 6. The van der Waals surface area contributed by atoms with E-state index < -0.39 is 0 Å². The fourth-order valence-electron chi connectivity index (χ4n) is 3.86. The molecule has 0 atom stereocenters. The number of carbonyl (C=O) groups is 1. The zero-order chi connectivity index (χ0) is 21.9. The van der Waals surface area contributed by atoms with Gasteiger partial charge < -0.3 is 19.1 Å². The van der Waals surface area contributed by atoms with E-state index in [0.717, 1.165) is 59.1 Å². The predicted octanol–water partition coefficient (Wildman–Crippen LogP) is 4.78. The maximum atomic E-state index is 13.0. The molecular weight excluding hydrogens is 492 g/mol. The summed E-state index contributed by atoms with van der Waals surface area (Å²) in [5.41, 5.74) is 2.27. The molecule has 1 aromatic heterocycles. The van der Waals surface area contributed by atoms with Crippen LogP contribution in [0.25, 0.3) is 0 Å². The molecule has 2 aliphatic heterocycles. The first-order valence-electron chi connectivity index (χ1n) is 10.5. The first kappa shape index (κ1) is 21.3. The van der Waals surface area contributed by atoms with Crippen molar-refractivity contribution in [3.05, 3.63) is 74.4 Å². The minimum absolute atomic E-state index is 0.103. The summed E-state index contributed by atoms with van der Waals surface area (Å²) >= 11 is 5.01. The van der Waals surface area contributed by atoms with Crippen LogP contribution in [0.15, 0.2) is 58.4 Å². The highest BCUT2D eigenvalue weighted by molar-refractivity contribution is 9.10. The quantitative estimate of drug-likeness (QED) is 0.473. The minimum atomic E-state index is 0.103. The highest BCUT2D eigenvalue weighted by Crippen LogP contribution is 2.35. The smallest absolute Gasteiger partial charge is 0.264 e. The highest BCUT2D eigenvalue weighted by atomic mass is 79.9. The summed E-state index contributed by atoms with van der Waals surface area (Å²) < 4.78 is 17.7. The molecule has 6 nitrogen and oxygen atoms in total. The van der Waals surface area contributed by atoms with E-state index in [-0.39, 0.29) is 12.7 Å². The zero-order valence-corrected chi connectivity index (χ0v) is 19.9. The van der Waals surface area contributed by atoms with Crippen LogP contribution in [-0.4, -0.2) is 48.7 Å². The van der Waals surface area contributed by atoms with Gasteiger partial charge in [0.05, 0.1) is 4.88 Å². The lowest BCUT2D eigenvalue weighted by Gasteiger charge is -2.34. The van der Waals surface area contributed by atoms with Crippen LogP contribution >= 0.6 is 27.3 Å². The number of thiophene rings is 1. The van der Waals surface area contributed by atoms with Crippen LogP contribution in [-0.2, 0) is 13.2 Å². The average molecular weight is 515 g/mol. The maximum Gasteiger partial charge on any atom is 0.264 e. The summed E-state index contributed by atoms with van der Waals surface area (Å²) in [5.74, 6) is 2.25. The van der Waals surface area contributed by atoms with E-state index in [2.05, 4.69) is 39.0 Å². The second-order valence-corrected chi connectivity index (χ2v) is 9.65. The van der Waals surface area contributed by atoms with Gasteiger partial charge in [-0.05, 0) is 41.3 Å². The molecule has 5 rings (SSSR count). The molecule has 0 saturated carbocycles. The van der Waals surface area contributed by atoms with E-state index in [9.17, 15) is 4.79 Å². The molecule has 3 heterocycles. The molecule has 2 aromatic carbocycles. The maximum absolute atomic E-state index is 13.0. The van der Waals surface area contributed by atoms with Crippen LogP contribution in [0.5, 0.6) is 17.2 Å². The summed E-state index contributed by atoms with van der Waals surface area (Å²) in [7, 11) is 0. The number of nitrogens with zero attached hydrogens (tertiary/aromatic N) is 2. The van der Waals surface area contributed by atoms with Gasteiger partial charge >= 0.3 is 0 Å². The van der Waals surface area contributed by atoms with Crippen molar-refractivity contribution >= 4 is 33.2 Å². The van der Waals surface area contributed by atoms with E-state index in [0.29, 0.717) is 12.4 Å². The van der Waals surface area contributed by atoms with Gasteiger partial charge in [0.15, 0.2) is 11.5 Å². The van der Waals surface area contributed by atoms with Crippen LogP contribution in [0.2, 0.25) is 0 Å². The van der Waals surface area contributed by atoms with Crippen molar-refractivity contribution in [2.45, 2.75) is 13.2 Å². The minimum Gasteiger partial charge on any atom is -0.489 e. The fraction of sp³-hybridized carbons (Fsp3) is 0.292. The summed E-state index contributed by atoms with van der Waals surface area (Å²) in [4.78, 5) is 18.1. The third kappa shape index (κ3) is 4.92. The SMILES string of the molecule is O=C(c1cc(COc2ccc3c(c2)OCO3)cs1)N1CCN(Cc2cccc(Br)c2)CC1. The normalized spacial score (nSPS) is 15.7. The molecule has 1 amide bonds. The molecular formula is C24H23BrN2O4S. The lowest BCUT2D eigenvalue weighted by atomic mass is 10.2. The summed E-state index contributed by atoms with van der Waals surface area (Å²) in [5, 5.41) is 1.99. The van der Waals surface area contributed by atoms with Crippen molar-refractivity contribution in [3.63, 3.8) is 0 Å². The number of fused-ring (bicyclic) bond motifs is 1. The topological polar surface area (TPSA) is 51.2 Å². The first-order chi connectivity index (χ1) is 15.6. The summed E-state index contributed by atoms with van der Waals surface area (Å²) in [6.07, 6.45) is 0. The molecule has 32 heavy (non-hydrogen) atoms. The van der Waals surface area contributed by atoms with Gasteiger partial charge in [0, 0.05) is 48.8 Å². The zero-order valence-electron chi connectivity index (χ0n) is 17.5. The fourth-order valence-corrected chi connectivity index (χ4v) is 5.17. The molecule has 0 spiro atoms. The number of carbonyl (C=O) groups excluding carboxylic acids is 1. The van der Waals surface area contributed by atoms with Crippen LogP contribution in [0, 0.1) is 0 Å². The Morgan fingerprint density at radius 1 is 1.00 bits per heavy atom. The van der Waals surface area contributed by atoms with Gasteiger partial charge in [-0.15, -0.1) is 11.3 Å². The van der Waals surface area contributed by atoms with Crippen molar-refractivity contribution in [2.24, 2.45) is 0 Å². The Hall–Kier alpha value is -2.55. The third-order valence-electron chi connectivity index (χ3n) is 5.57. The predicted molar refractivity (Wildman–Crippen MR) is 127 cm³/mol. The number of amides is 1. The largest absolute Gasteiger partial charge is 0.489 e. The van der Waals surface area contributed by atoms with Crippen LogP contribution in [0.1, 0.15) is 20.8 Å². The molecule has 1 fully saturated rings. The second kappa shape index (κ2) is 9.52. The Bertz CT molecular complexity index is 1110. The van der Waals surface area contributed by atoms with Crippen molar-refractivity contribution in [3.8, 4) is 17.2 Å². The third-order valence-corrected chi connectivity index (χ3v) is 7.03. The summed E-state index contributed by atoms with van der Waals surface area (Å²) in [6.45, 7) is 4.80. The number of halogens is 1. The highest BCUT2D eigenvalue weighted by Gasteiger charge is 2.23. The Morgan fingerprint density at radius 2 is 1.84 bits per heavy atom. The number of hydrogen-bond donors (Lipinski definition) is 0. The van der Waals surface area contributed by atoms with Gasteiger partial charge in [-0.3, -0.25) is 9.69 Å². The van der Waals surface area contributed by atoms with Gasteiger partial charge in [-0.1, -0.05) is 28.1 Å². The van der Waals surface area contributed by atoms with Gasteiger partial charge in [0.2, 0.25) is 6.79 Å². The number of benzene rings is 2. The average Bonchev–Trinajstić information content (AvgIpc) is 3.47. The standard InChI is InChI=1S/C24H23BrN2O4S/c25-19-3-1-2-17(10-19)13-26-6-8-27(9-7-26)24(28)23-11-18(15-32-23)14-29-20-4-5-21-22(12-20)31-16-30-21/h1-5,10-12,15H,6-9,13-14,16H2. The Labute approximate surface area is 199 Å². The van der Waals surface area contributed by atoms with Gasteiger partial charge in [0.1, 0.15) is 12.4 Å². The van der Waals surface area contributed by atoms with Crippen molar-refractivity contribution < 1.29 is 19.0 Å². The van der Waals surface area contributed by atoms with Crippen molar-refractivity contribution in [1.82, 2.24) is 9.80 Å². The Morgan fingerprint density at radius 3 is 2.69 bits per heavy atom. The van der Waals surface area contributed by atoms with Crippen LogP contribution < -0.4 is 14.2 Å². The molecule has 0 unspecified atom stereocenters. The number of ether oxygens (including phenoxy) is 3. The molecule has 2 aliphatic rings. The molecule has 166 valence electrons. The molecule has 0 aliphatic carbocycles. The molecule has 8 heteroatoms. The van der Waals surface area contributed by atoms with Gasteiger partial charge in [-0.2, -0.15) is 0 Å². The number of rotatable bonds is 6. The Kier molecular flexibility index (Phi) is 6.34. The molecule has 3 aromatic rings. The van der Waals surface area contributed by atoms with Crippen molar-refractivity contribution in [2.75, 3.05) is 33.0 Å². The lowest BCUT2D eigenvalue weighted by Crippen LogP contribution is -2.48. The lowest BCUT2D eigenvalue weighted by molar-refractivity contribution is 0.0633. The second-order valence-electron chi connectivity index (χ2n) is 7.82. The van der Waals surface area contributed by atoms with Gasteiger partial charge in [-0.25, -0.2) is 0 Å². The molecule has 0 N–H and O–H groups in total. The van der Waals surface area contributed by atoms with Gasteiger partial charge in [0.25, 0.3) is 5.91 Å². The van der Waals surface area contributed by atoms with E-state index in [1.54, 1.807) is 0 Å². The van der Waals surface area contributed by atoms with E-state index >= 15 is 0 Å². The van der Waals surface area contributed by atoms with E-state index in [4.69, 9.17) is 14.2 Å². The van der Waals surface area contributed by atoms with E-state index in [1.165, 1.54) is 16.9 Å². The van der Waals surface area contributed by atoms with E-state index in [1.807, 2.05) is 40.6 Å². The first-order valence-corrected chi connectivity index (χ1v) is 12.2. The van der Waals surface area contributed by atoms with Crippen LogP contribution in [0.4, 0.5) is 0 Å². The molecule has 0 radical (unpaired) electrons. The summed E-state index contributed by atoms with van der Waals surface area (Å²) in [6, 6.07) is 15.9. The Balaban J connectivity index is 1.12. The molecule has 0 bridgehead atoms. The monoisotopic (exact) mass is 514 g/mol. The van der Waals surface area contributed by atoms with Crippen molar-refractivity contribution in [1.29, 1.82) is 0 Å². The number of piperazine rings is 1. The van der Waals surface area contributed by atoms with Crippen LogP contribution in [0.3, 0.4) is 0 Å².